The molecular weight excluding hydrogens is 310 g/mol. The Morgan fingerprint density at radius 1 is 1.27 bits per heavy atom. The molecule has 2 aromatic rings. The molecule has 9 heteroatoms. The summed E-state index contributed by atoms with van der Waals surface area (Å²) in [6.07, 6.45) is 0. The first-order valence-corrected chi connectivity index (χ1v) is 8.45. The van der Waals surface area contributed by atoms with Crippen molar-refractivity contribution >= 4 is 21.1 Å². The smallest absolute Gasteiger partial charge is 0.408 e. The molecule has 8 nitrogen and oxygen atoms in total. The van der Waals surface area contributed by atoms with E-state index in [0.717, 1.165) is 13.1 Å². The predicted molar refractivity (Wildman–Crippen MR) is 79.3 cm³/mol. The van der Waals surface area contributed by atoms with Crippen molar-refractivity contribution < 1.29 is 17.6 Å². The van der Waals surface area contributed by atoms with Crippen LogP contribution in [0.5, 0.6) is 0 Å². The summed E-state index contributed by atoms with van der Waals surface area (Å²) in [7, 11) is -3.61. The van der Waals surface area contributed by atoms with E-state index in [1.54, 1.807) is 0 Å². The summed E-state index contributed by atoms with van der Waals surface area (Å²) in [5.41, 5.74) is 0.693. The number of ether oxygens (including phenoxy) is 1. The monoisotopic (exact) mass is 327 g/mol. The van der Waals surface area contributed by atoms with Crippen molar-refractivity contribution in [3.05, 3.63) is 28.7 Å². The number of hydrogen-bond donors (Lipinski definition) is 2. The molecule has 2 heterocycles. The Labute approximate surface area is 127 Å². The Balaban J connectivity index is 1.66. The van der Waals surface area contributed by atoms with Gasteiger partial charge in [0.2, 0.25) is 10.0 Å². The van der Waals surface area contributed by atoms with E-state index in [1.807, 2.05) is 0 Å². The van der Waals surface area contributed by atoms with Crippen molar-refractivity contribution in [3.8, 4) is 0 Å². The van der Waals surface area contributed by atoms with E-state index in [4.69, 9.17) is 9.15 Å². The second-order valence-electron chi connectivity index (χ2n) is 5.02. The lowest BCUT2D eigenvalue weighted by Crippen LogP contribution is -2.41. The molecule has 1 aliphatic rings. The molecule has 1 saturated heterocycles. The van der Waals surface area contributed by atoms with Gasteiger partial charge in [-0.3, -0.25) is 9.88 Å². The van der Waals surface area contributed by atoms with Gasteiger partial charge in [0.1, 0.15) is 0 Å². The lowest BCUT2D eigenvalue weighted by Gasteiger charge is -2.26. The number of aromatic amines is 1. The fourth-order valence-corrected chi connectivity index (χ4v) is 3.39. The highest BCUT2D eigenvalue weighted by atomic mass is 32.2. The highest BCUT2D eigenvalue weighted by Crippen LogP contribution is 2.16. The summed E-state index contributed by atoms with van der Waals surface area (Å²) < 4.78 is 37.1. The SMILES string of the molecule is O=c1[nH]c2cc(S(=O)(=O)NCCN3CCOCC3)ccc2o1. The standard InChI is InChI=1S/C13H17N3O5S/c17-13-15-11-9-10(1-2-12(11)21-13)22(18,19)14-3-4-16-5-7-20-8-6-16/h1-2,9,14H,3-8H2,(H,15,17). The number of rotatable bonds is 5. The molecule has 0 radical (unpaired) electrons. The van der Waals surface area contributed by atoms with Crippen molar-refractivity contribution in [2.24, 2.45) is 0 Å². The first-order chi connectivity index (χ1) is 10.5. The third-order valence-corrected chi connectivity index (χ3v) is 4.98. The van der Waals surface area contributed by atoms with Gasteiger partial charge in [-0.2, -0.15) is 0 Å². The van der Waals surface area contributed by atoms with Crippen LogP contribution in [0.3, 0.4) is 0 Å². The average Bonchev–Trinajstić information content (AvgIpc) is 2.87. The topological polar surface area (TPSA) is 105 Å². The van der Waals surface area contributed by atoms with Gasteiger partial charge in [-0.15, -0.1) is 0 Å². The molecule has 0 spiro atoms. The van der Waals surface area contributed by atoms with Gasteiger partial charge in [0.25, 0.3) is 0 Å². The first kappa shape index (κ1) is 15.2. The van der Waals surface area contributed by atoms with Crippen molar-refractivity contribution in [2.45, 2.75) is 4.90 Å². The van der Waals surface area contributed by atoms with Gasteiger partial charge in [-0.05, 0) is 18.2 Å². The van der Waals surface area contributed by atoms with Crippen molar-refractivity contribution in [3.63, 3.8) is 0 Å². The zero-order valence-electron chi connectivity index (χ0n) is 11.9. The molecule has 2 N–H and O–H groups in total. The predicted octanol–water partition coefficient (Wildman–Crippen LogP) is -0.268. The highest BCUT2D eigenvalue weighted by molar-refractivity contribution is 7.89. The van der Waals surface area contributed by atoms with E-state index in [9.17, 15) is 13.2 Å². The summed E-state index contributed by atoms with van der Waals surface area (Å²) in [4.78, 5) is 15.8. The minimum absolute atomic E-state index is 0.0963. The third kappa shape index (κ3) is 3.38. The van der Waals surface area contributed by atoms with Gasteiger partial charge in [-0.1, -0.05) is 0 Å². The maximum absolute atomic E-state index is 12.2. The fraction of sp³-hybridized carbons (Fsp3) is 0.462. The second-order valence-corrected chi connectivity index (χ2v) is 6.79. The summed E-state index contributed by atoms with van der Waals surface area (Å²) in [6.45, 7) is 3.93. The highest BCUT2D eigenvalue weighted by Gasteiger charge is 2.16. The number of H-pyrrole nitrogens is 1. The molecule has 1 aliphatic heterocycles. The molecule has 120 valence electrons. The second kappa shape index (κ2) is 6.21. The fourth-order valence-electron chi connectivity index (χ4n) is 2.34. The van der Waals surface area contributed by atoms with E-state index in [1.165, 1.54) is 18.2 Å². The number of nitrogens with one attached hydrogen (secondary N) is 2. The van der Waals surface area contributed by atoms with Gasteiger partial charge in [-0.25, -0.2) is 17.9 Å². The third-order valence-electron chi connectivity index (χ3n) is 3.52. The van der Waals surface area contributed by atoms with E-state index in [0.29, 0.717) is 37.4 Å². The molecule has 0 atom stereocenters. The lowest BCUT2D eigenvalue weighted by atomic mass is 10.3. The molecule has 0 aliphatic carbocycles. The summed E-state index contributed by atoms with van der Waals surface area (Å²) in [6, 6.07) is 4.26. The summed E-state index contributed by atoms with van der Waals surface area (Å²) >= 11 is 0. The lowest BCUT2D eigenvalue weighted by molar-refractivity contribution is 0.0390. The largest absolute Gasteiger partial charge is 0.417 e. The number of hydrogen-bond acceptors (Lipinski definition) is 6. The van der Waals surface area contributed by atoms with Crippen LogP contribution in [0, 0.1) is 0 Å². The Hall–Kier alpha value is -1.68. The van der Waals surface area contributed by atoms with Crippen LogP contribution in [0.2, 0.25) is 0 Å². The Bertz CT molecular complexity index is 804. The van der Waals surface area contributed by atoms with Crippen LogP contribution in [0.1, 0.15) is 0 Å². The first-order valence-electron chi connectivity index (χ1n) is 6.97. The number of oxazole rings is 1. The summed E-state index contributed by atoms with van der Waals surface area (Å²) in [5.74, 6) is -0.607. The summed E-state index contributed by atoms with van der Waals surface area (Å²) in [5, 5.41) is 0. The Morgan fingerprint density at radius 3 is 2.82 bits per heavy atom. The van der Waals surface area contributed by atoms with Crippen LogP contribution in [0.25, 0.3) is 11.1 Å². The normalized spacial score (nSPS) is 17.1. The molecule has 0 unspecified atom stereocenters. The molecule has 0 saturated carbocycles. The van der Waals surface area contributed by atoms with Gasteiger partial charge in [0.05, 0.1) is 23.6 Å². The molecule has 1 fully saturated rings. The Morgan fingerprint density at radius 2 is 2.05 bits per heavy atom. The number of morpholine rings is 1. The zero-order chi connectivity index (χ0) is 15.6. The van der Waals surface area contributed by atoms with Gasteiger partial charge in [0.15, 0.2) is 5.58 Å². The molecule has 22 heavy (non-hydrogen) atoms. The molecule has 1 aromatic carbocycles. The minimum atomic E-state index is -3.61. The molecule has 1 aromatic heterocycles. The molecule has 0 bridgehead atoms. The van der Waals surface area contributed by atoms with Gasteiger partial charge < -0.3 is 9.15 Å². The van der Waals surface area contributed by atoms with E-state index >= 15 is 0 Å². The van der Waals surface area contributed by atoms with E-state index in [2.05, 4.69) is 14.6 Å². The van der Waals surface area contributed by atoms with E-state index < -0.39 is 15.8 Å². The van der Waals surface area contributed by atoms with Crippen LogP contribution in [0.15, 0.2) is 32.3 Å². The van der Waals surface area contributed by atoms with Crippen LogP contribution < -0.4 is 10.5 Å². The van der Waals surface area contributed by atoms with Crippen LogP contribution in [-0.4, -0.2) is 57.7 Å². The minimum Gasteiger partial charge on any atom is -0.408 e. The van der Waals surface area contributed by atoms with Crippen molar-refractivity contribution in [1.82, 2.24) is 14.6 Å². The number of aromatic nitrogens is 1. The van der Waals surface area contributed by atoms with E-state index in [-0.39, 0.29) is 4.90 Å². The molecule has 3 rings (SSSR count). The van der Waals surface area contributed by atoms with Gasteiger partial charge in [0, 0.05) is 26.2 Å². The number of sulfonamides is 1. The quantitative estimate of drug-likeness (QED) is 0.783. The number of nitrogens with zero attached hydrogens (tertiary/aromatic N) is 1. The number of benzene rings is 1. The molecular formula is C13H17N3O5S. The van der Waals surface area contributed by atoms with Crippen LogP contribution >= 0.6 is 0 Å². The van der Waals surface area contributed by atoms with Crippen molar-refractivity contribution in [2.75, 3.05) is 39.4 Å². The number of fused-ring (bicyclic) bond motifs is 1. The Kier molecular flexibility index (Phi) is 4.30. The zero-order valence-corrected chi connectivity index (χ0v) is 12.7. The maximum Gasteiger partial charge on any atom is 0.417 e. The average molecular weight is 327 g/mol. The van der Waals surface area contributed by atoms with Crippen molar-refractivity contribution in [1.29, 1.82) is 0 Å². The van der Waals surface area contributed by atoms with Crippen LogP contribution in [0.4, 0.5) is 0 Å². The van der Waals surface area contributed by atoms with Gasteiger partial charge >= 0.3 is 5.76 Å². The maximum atomic E-state index is 12.2. The molecule has 0 amide bonds. The van der Waals surface area contributed by atoms with Crippen LogP contribution in [-0.2, 0) is 14.8 Å².